The van der Waals surface area contributed by atoms with Gasteiger partial charge in [0.05, 0.1) is 11.2 Å². The van der Waals surface area contributed by atoms with Crippen LogP contribution in [-0.2, 0) is 0 Å². The van der Waals surface area contributed by atoms with Gasteiger partial charge in [-0.1, -0.05) is 11.6 Å². The van der Waals surface area contributed by atoms with Crippen molar-refractivity contribution in [2.24, 2.45) is 10.2 Å². The summed E-state index contributed by atoms with van der Waals surface area (Å²) in [4.78, 5) is 2.41. The van der Waals surface area contributed by atoms with Crippen molar-refractivity contribution < 1.29 is 13.9 Å². The van der Waals surface area contributed by atoms with Crippen LogP contribution in [0.25, 0.3) is 10.9 Å². The minimum Gasteiger partial charge on any atom is -0.493 e. The zero-order valence-electron chi connectivity index (χ0n) is 10.4. The van der Waals surface area contributed by atoms with Crippen molar-refractivity contribution in [2.75, 3.05) is 0 Å². The summed E-state index contributed by atoms with van der Waals surface area (Å²) in [6.07, 6.45) is 0. The molecule has 7 heteroatoms. The molecule has 3 rings (SSSR count). The average Bonchev–Trinajstić information content (AvgIpc) is 2.75. The lowest BCUT2D eigenvalue weighted by molar-refractivity contribution is 0.459. The molecule has 2 aromatic carbocycles. The normalized spacial score (nSPS) is 11.6. The fraction of sp³-hybridized carbons (Fsp3) is 0. The number of H-pyrrole nitrogens is 1. The minimum atomic E-state index is -0.812. The van der Waals surface area contributed by atoms with Gasteiger partial charge in [-0.15, -0.1) is 5.11 Å². The second kappa shape index (κ2) is 5.14. The van der Waals surface area contributed by atoms with Gasteiger partial charge >= 0.3 is 0 Å². The Hall–Kier alpha value is -2.47. The van der Waals surface area contributed by atoms with Crippen molar-refractivity contribution in [3.8, 4) is 5.88 Å². The summed E-state index contributed by atoms with van der Waals surface area (Å²) in [7, 11) is 0. The number of aromatic hydroxyl groups is 1. The van der Waals surface area contributed by atoms with E-state index in [2.05, 4.69) is 15.2 Å². The molecule has 0 saturated carbocycles. The van der Waals surface area contributed by atoms with Gasteiger partial charge in [0.15, 0.2) is 5.69 Å². The molecule has 0 aliphatic heterocycles. The summed E-state index contributed by atoms with van der Waals surface area (Å²) in [5, 5.41) is 18.2. The lowest BCUT2D eigenvalue weighted by Gasteiger charge is -1.95. The fourth-order valence-corrected chi connectivity index (χ4v) is 2.04. The number of azo groups is 1. The van der Waals surface area contributed by atoms with Crippen LogP contribution in [0.2, 0.25) is 5.02 Å². The van der Waals surface area contributed by atoms with Crippen LogP contribution in [0, 0.1) is 11.6 Å². The first-order valence-corrected chi connectivity index (χ1v) is 6.29. The van der Waals surface area contributed by atoms with Crippen LogP contribution < -0.4 is 0 Å². The van der Waals surface area contributed by atoms with Gasteiger partial charge < -0.3 is 10.1 Å². The first kappa shape index (κ1) is 13.5. The minimum absolute atomic E-state index is 0.0287. The van der Waals surface area contributed by atoms with Gasteiger partial charge in [-0.05, 0) is 30.3 Å². The highest BCUT2D eigenvalue weighted by Crippen LogP contribution is 2.37. The van der Waals surface area contributed by atoms with Crippen LogP contribution in [0.1, 0.15) is 0 Å². The van der Waals surface area contributed by atoms with E-state index in [1.807, 2.05) is 0 Å². The lowest BCUT2D eigenvalue weighted by Crippen LogP contribution is -1.80. The van der Waals surface area contributed by atoms with Crippen LogP contribution in [0.15, 0.2) is 46.6 Å². The van der Waals surface area contributed by atoms with Crippen molar-refractivity contribution in [2.45, 2.75) is 0 Å². The molecule has 0 unspecified atom stereocenters. The van der Waals surface area contributed by atoms with Crippen molar-refractivity contribution in [3.63, 3.8) is 0 Å². The SMILES string of the molecule is Oc1[nH]c2c(F)cc(F)cc2c1N=Nc1ccc(Cl)cc1. The molecule has 3 aromatic rings. The number of benzene rings is 2. The van der Waals surface area contributed by atoms with Gasteiger partial charge in [0.2, 0.25) is 5.88 Å². The van der Waals surface area contributed by atoms with Crippen LogP contribution in [0.4, 0.5) is 20.2 Å². The Morgan fingerprint density at radius 2 is 1.76 bits per heavy atom. The molecule has 106 valence electrons. The van der Waals surface area contributed by atoms with Gasteiger partial charge in [-0.3, -0.25) is 0 Å². The van der Waals surface area contributed by atoms with Crippen LogP contribution in [-0.4, -0.2) is 10.1 Å². The highest BCUT2D eigenvalue weighted by molar-refractivity contribution is 6.30. The molecular weight excluding hydrogens is 300 g/mol. The van der Waals surface area contributed by atoms with Gasteiger partial charge in [0.1, 0.15) is 11.6 Å². The molecule has 0 atom stereocenters. The molecule has 0 fully saturated rings. The Kier molecular flexibility index (Phi) is 3.31. The van der Waals surface area contributed by atoms with Crippen LogP contribution in [0.3, 0.4) is 0 Å². The first-order valence-electron chi connectivity index (χ1n) is 5.91. The molecule has 0 saturated heterocycles. The molecular formula is C14H8ClF2N3O. The summed E-state index contributed by atoms with van der Waals surface area (Å²) in [5.74, 6) is -1.96. The van der Waals surface area contributed by atoms with Gasteiger partial charge in [-0.2, -0.15) is 5.11 Å². The van der Waals surface area contributed by atoms with E-state index in [1.165, 1.54) is 0 Å². The third-order valence-electron chi connectivity index (χ3n) is 2.87. The molecule has 0 aliphatic carbocycles. The molecule has 4 nitrogen and oxygen atoms in total. The van der Waals surface area contributed by atoms with E-state index in [1.54, 1.807) is 24.3 Å². The topological polar surface area (TPSA) is 60.7 Å². The second-order valence-electron chi connectivity index (χ2n) is 4.31. The number of fused-ring (bicyclic) bond motifs is 1. The number of aromatic amines is 1. The Morgan fingerprint density at radius 1 is 1.05 bits per heavy atom. The highest BCUT2D eigenvalue weighted by atomic mass is 35.5. The molecule has 21 heavy (non-hydrogen) atoms. The predicted molar refractivity (Wildman–Crippen MR) is 75.5 cm³/mol. The molecule has 0 bridgehead atoms. The number of hydrogen-bond donors (Lipinski definition) is 2. The zero-order chi connectivity index (χ0) is 15.0. The van der Waals surface area contributed by atoms with Crippen molar-refractivity contribution >= 4 is 33.9 Å². The van der Waals surface area contributed by atoms with E-state index >= 15 is 0 Å². The monoisotopic (exact) mass is 307 g/mol. The number of halogens is 3. The number of hydrogen-bond acceptors (Lipinski definition) is 3. The average molecular weight is 308 g/mol. The summed E-state index contributed by atoms with van der Waals surface area (Å²) >= 11 is 5.75. The Bertz CT molecular complexity index is 844. The first-order chi connectivity index (χ1) is 10.0. The van der Waals surface area contributed by atoms with Crippen LogP contribution in [0.5, 0.6) is 5.88 Å². The highest BCUT2D eigenvalue weighted by Gasteiger charge is 2.15. The summed E-state index contributed by atoms with van der Waals surface area (Å²) in [5.41, 5.74) is 0.433. The summed E-state index contributed by atoms with van der Waals surface area (Å²) < 4.78 is 26.9. The largest absolute Gasteiger partial charge is 0.493 e. The Morgan fingerprint density at radius 3 is 2.48 bits per heavy atom. The Labute approximate surface area is 122 Å². The lowest BCUT2D eigenvalue weighted by atomic mass is 10.2. The molecule has 1 heterocycles. The standard InChI is InChI=1S/C14H8ClF2N3O/c15-7-1-3-9(4-2-7)19-20-13-10-5-8(16)6-11(17)12(10)18-14(13)21/h1-6,18,21H. The number of nitrogens with zero attached hydrogens (tertiary/aromatic N) is 2. The molecule has 0 radical (unpaired) electrons. The Balaban J connectivity index is 2.08. The zero-order valence-corrected chi connectivity index (χ0v) is 11.2. The number of rotatable bonds is 2. The smallest absolute Gasteiger partial charge is 0.218 e. The maximum atomic E-state index is 13.6. The third-order valence-corrected chi connectivity index (χ3v) is 3.12. The van der Waals surface area contributed by atoms with Crippen molar-refractivity contribution in [1.29, 1.82) is 0 Å². The number of nitrogens with one attached hydrogen (secondary N) is 1. The summed E-state index contributed by atoms with van der Waals surface area (Å²) in [6.45, 7) is 0. The molecule has 0 spiro atoms. The molecule has 1 aromatic heterocycles. The quantitative estimate of drug-likeness (QED) is 0.626. The van der Waals surface area contributed by atoms with E-state index in [9.17, 15) is 13.9 Å². The number of aromatic nitrogens is 1. The predicted octanol–water partition coefficient (Wildman–Crippen LogP) is 5.22. The molecule has 0 aliphatic rings. The van der Waals surface area contributed by atoms with Gasteiger partial charge in [0, 0.05) is 16.5 Å². The molecule has 2 N–H and O–H groups in total. The maximum Gasteiger partial charge on any atom is 0.218 e. The van der Waals surface area contributed by atoms with E-state index in [0.717, 1.165) is 12.1 Å². The van der Waals surface area contributed by atoms with Gasteiger partial charge in [0.25, 0.3) is 0 Å². The van der Waals surface area contributed by atoms with E-state index < -0.39 is 11.6 Å². The van der Waals surface area contributed by atoms with Crippen molar-refractivity contribution in [3.05, 3.63) is 53.1 Å². The van der Waals surface area contributed by atoms with E-state index in [0.29, 0.717) is 10.7 Å². The molecule has 0 amide bonds. The second-order valence-corrected chi connectivity index (χ2v) is 4.75. The fourth-order valence-electron chi connectivity index (χ4n) is 1.91. The van der Waals surface area contributed by atoms with Crippen LogP contribution >= 0.6 is 11.6 Å². The maximum absolute atomic E-state index is 13.6. The third kappa shape index (κ3) is 2.57. The van der Waals surface area contributed by atoms with Crippen molar-refractivity contribution in [1.82, 2.24) is 4.98 Å². The van der Waals surface area contributed by atoms with E-state index in [-0.39, 0.29) is 22.5 Å². The summed E-state index contributed by atoms with van der Waals surface area (Å²) in [6, 6.07) is 8.30. The van der Waals surface area contributed by atoms with Gasteiger partial charge in [-0.25, -0.2) is 8.78 Å². The van der Waals surface area contributed by atoms with E-state index in [4.69, 9.17) is 11.6 Å².